The van der Waals surface area contributed by atoms with E-state index in [4.69, 9.17) is 9.47 Å². The van der Waals surface area contributed by atoms with Crippen LogP contribution in [0.5, 0.6) is 5.75 Å². The monoisotopic (exact) mass is 443 g/mol. The number of fused-ring (bicyclic) bond motifs is 2. The van der Waals surface area contributed by atoms with Crippen molar-refractivity contribution < 1.29 is 19.1 Å². The third kappa shape index (κ3) is 4.35. The lowest BCUT2D eigenvalue weighted by Crippen LogP contribution is -2.28. The van der Waals surface area contributed by atoms with Crippen molar-refractivity contribution in [1.29, 1.82) is 0 Å². The Kier molecular flexibility index (Phi) is 5.60. The Morgan fingerprint density at radius 1 is 0.970 bits per heavy atom. The Morgan fingerprint density at radius 2 is 1.79 bits per heavy atom. The van der Waals surface area contributed by atoms with Crippen molar-refractivity contribution in [1.82, 2.24) is 5.32 Å². The number of urea groups is 1. The molecule has 3 aromatic carbocycles. The molecule has 0 saturated heterocycles. The summed E-state index contributed by atoms with van der Waals surface area (Å²) in [6, 6.07) is 19.7. The van der Waals surface area contributed by atoms with Gasteiger partial charge < -0.3 is 20.1 Å². The molecule has 0 atom stereocenters. The number of rotatable bonds is 4. The first-order valence-electron chi connectivity index (χ1n) is 11.0. The summed E-state index contributed by atoms with van der Waals surface area (Å²) in [5.74, 6) is 0.981. The topological polar surface area (TPSA) is 79.9 Å². The maximum atomic E-state index is 12.4. The maximum Gasteiger partial charge on any atom is 0.414 e. The highest BCUT2D eigenvalue weighted by atomic mass is 16.5. The van der Waals surface area contributed by atoms with Gasteiger partial charge in [-0.15, -0.1) is 0 Å². The summed E-state index contributed by atoms with van der Waals surface area (Å²) in [5.41, 5.74) is 7.08. The van der Waals surface area contributed by atoms with E-state index in [9.17, 15) is 9.59 Å². The quantitative estimate of drug-likeness (QED) is 0.611. The average Bonchev–Trinajstić information content (AvgIpc) is 3.49. The van der Waals surface area contributed by atoms with Crippen molar-refractivity contribution in [2.24, 2.45) is 0 Å². The Balaban J connectivity index is 1.17. The van der Waals surface area contributed by atoms with Crippen molar-refractivity contribution in [2.75, 3.05) is 30.5 Å². The molecule has 3 aromatic rings. The van der Waals surface area contributed by atoms with Crippen LogP contribution >= 0.6 is 0 Å². The highest BCUT2D eigenvalue weighted by Gasteiger charge is 2.25. The molecule has 0 fully saturated rings. The van der Waals surface area contributed by atoms with Gasteiger partial charge in [-0.2, -0.15) is 0 Å². The highest BCUT2D eigenvalue weighted by Crippen LogP contribution is 2.32. The lowest BCUT2D eigenvalue weighted by molar-refractivity contribution is 0.179. The molecule has 0 saturated carbocycles. The van der Waals surface area contributed by atoms with Gasteiger partial charge in [0.15, 0.2) is 0 Å². The molecule has 0 radical (unpaired) electrons. The zero-order valence-corrected chi connectivity index (χ0v) is 18.4. The van der Waals surface area contributed by atoms with E-state index in [0.717, 1.165) is 47.6 Å². The minimum absolute atomic E-state index is 0.277. The van der Waals surface area contributed by atoms with Crippen LogP contribution in [0.25, 0.3) is 11.1 Å². The normalized spacial score (nSPS) is 13.7. The van der Waals surface area contributed by atoms with Gasteiger partial charge >= 0.3 is 12.1 Å². The number of anilines is 2. The zero-order valence-electron chi connectivity index (χ0n) is 18.4. The Labute approximate surface area is 192 Å². The predicted molar refractivity (Wildman–Crippen MR) is 127 cm³/mol. The average molecular weight is 444 g/mol. The van der Waals surface area contributed by atoms with Crippen LogP contribution in [0.15, 0.2) is 60.7 Å². The number of nitrogens with zero attached hydrogens (tertiary/aromatic N) is 1. The molecule has 2 heterocycles. The molecule has 2 aliphatic rings. The summed E-state index contributed by atoms with van der Waals surface area (Å²) < 4.78 is 10.4. The first kappa shape index (κ1) is 20.9. The summed E-state index contributed by atoms with van der Waals surface area (Å²) in [6.07, 6.45) is 1.31. The van der Waals surface area contributed by atoms with Crippen molar-refractivity contribution >= 4 is 23.5 Å². The molecule has 0 aromatic heterocycles. The molecule has 2 N–H and O–H groups in total. The van der Waals surface area contributed by atoms with Crippen molar-refractivity contribution in [3.63, 3.8) is 0 Å². The minimum atomic E-state index is -0.372. The minimum Gasteiger partial charge on any atom is -0.493 e. The maximum absolute atomic E-state index is 12.4. The highest BCUT2D eigenvalue weighted by molar-refractivity contribution is 5.93. The molecule has 0 spiro atoms. The second kappa shape index (κ2) is 8.86. The molecule has 7 heteroatoms. The van der Waals surface area contributed by atoms with Crippen LogP contribution in [0.1, 0.15) is 16.7 Å². The summed E-state index contributed by atoms with van der Waals surface area (Å²) in [7, 11) is 1.37. The van der Waals surface area contributed by atoms with Crippen LogP contribution in [0, 0.1) is 0 Å². The van der Waals surface area contributed by atoms with E-state index in [1.54, 1.807) is 11.0 Å². The molecule has 7 nitrogen and oxygen atoms in total. The number of nitrogens with one attached hydrogen (secondary N) is 2. The van der Waals surface area contributed by atoms with Gasteiger partial charge in [-0.25, -0.2) is 9.59 Å². The van der Waals surface area contributed by atoms with Gasteiger partial charge in [0.1, 0.15) is 5.75 Å². The van der Waals surface area contributed by atoms with Crippen LogP contribution in [-0.4, -0.2) is 32.4 Å². The second-order valence-corrected chi connectivity index (χ2v) is 8.14. The SMILES string of the molecule is COC(=O)N1CCc2cc(NC(=O)NCc3ccc(-c4ccc5c(c4)CCO5)cc3)ccc21. The van der Waals surface area contributed by atoms with Gasteiger partial charge in [0.05, 0.1) is 19.4 Å². The third-order valence-corrected chi connectivity index (χ3v) is 6.06. The molecule has 3 amide bonds. The zero-order chi connectivity index (χ0) is 22.8. The Bertz CT molecular complexity index is 1210. The summed E-state index contributed by atoms with van der Waals surface area (Å²) in [6.45, 7) is 1.75. The molecule has 0 aliphatic carbocycles. The van der Waals surface area contributed by atoms with Crippen LogP contribution in [0.3, 0.4) is 0 Å². The fourth-order valence-electron chi connectivity index (χ4n) is 4.32. The summed E-state index contributed by atoms with van der Waals surface area (Å²) in [5, 5.41) is 5.76. The number of hydrogen-bond donors (Lipinski definition) is 2. The van der Waals surface area contributed by atoms with E-state index in [1.807, 2.05) is 30.3 Å². The predicted octanol–water partition coefficient (Wildman–Crippen LogP) is 4.74. The first-order valence-corrected chi connectivity index (χ1v) is 11.0. The first-order chi connectivity index (χ1) is 16.1. The smallest absolute Gasteiger partial charge is 0.414 e. The van der Waals surface area contributed by atoms with Crippen molar-refractivity contribution in [3.8, 4) is 16.9 Å². The van der Waals surface area contributed by atoms with Crippen molar-refractivity contribution in [3.05, 3.63) is 77.4 Å². The number of amides is 3. The van der Waals surface area contributed by atoms with Gasteiger partial charge in [-0.05, 0) is 64.6 Å². The van der Waals surface area contributed by atoms with Crippen LogP contribution in [-0.2, 0) is 24.1 Å². The van der Waals surface area contributed by atoms with Crippen LogP contribution in [0.2, 0.25) is 0 Å². The lowest BCUT2D eigenvalue weighted by Gasteiger charge is -2.15. The second-order valence-electron chi connectivity index (χ2n) is 8.14. The van der Waals surface area contributed by atoms with Gasteiger partial charge in [0.25, 0.3) is 0 Å². The summed E-state index contributed by atoms with van der Waals surface area (Å²) >= 11 is 0. The molecular formula is C26H25N3O4. The largest absolute Gasteiger partial charge is 0.493 e. The van der Waals surface area contributed by atoms with Gasteiger partial charge in [0.2, 0.25) is 0 Å². The van der Waals surface area contributed by atoms with E-state index < -0.39 is 0 Å². The number of benzene rings is 3. The number of carbonyl (C=O) groups excluding carboxylic acids is 2. The molecular weight excluding hydrogens is 418 g/mol. The fourth-order valence-corrected chi connectivity index (χ4v) is 4.32. The summed E-state index contributed by atoms with van der Waals surface area (Å²) in [4.78, 5) is 25.8. The third-order valence-electron chi connectivity index (χ3n) is 6.06. The lowest BCUT2D eigenvalue weighted by atomic mass is 10.0. The van der Waals surface area contributed by atoms with Crippen molar-refractivity contribution in [2.45, 2.75) is 19.4 Å². The molecule has 0 unspecified atom stereocenters. The number of ether oxygens (including phenoxy) is 2. The fraction of sp³-hybridized carbons (Fsp3) is 0.231. The van der Waals surface area contributed by atoms with E-state index in [-0.39, 0.29) is 12.1 Å². The number of methoxy groups -OCH3 is 1. The van der Waals surface area contributed by atoms with Crippen LogP contribution < -0.4 is 20.3 Å². The number of hydrogen-bond acceptors (Lipinski definition) is 4. The Morgan fingerprint density at radius 3 is 2.61 bits per heavy atom. The van der Waals surface area contributed by atoms with Gasteiger partial charge in [-0.1, -0.05) is 30.3 Å². The van der Waals surface area contributed by atoms with E-state index in [2.05, 4.69) is 34.9 Å². The molecule has 168 valence electrons. The molecule has 2 aliphatic heterocycles. The van der Waals surface area contributed by atoms with Crippen LogP contribution in [0.4, 0.5) is 21.0 Å². The van der Waals surface area contributed by atoms with Gasteiger partial charge in [-0.3, -0.25) is 4.90 Å². The molecule has 0 bridgehead atoms. The van der Waals surface area contributed by atoms with E-state index in [1.165, 1.54) is 18.2 Å². The van der Waals surface area contributed by atoms with Gasteiger partial charge in [0, 0.05) is 25.2 Å². The molecule has 5 rings (SSSR count). The van der Waals surface area contributed by atoms with E-state index >= 15 is 0 Å². The standard InChI is InChI=1S/C26H25N3O4/c1-32-26(31)29-12-10-20-15-22(7-8-23(20)29)28-25(30)27-16-17-2-4-18(5-3-17)19-6-9-24-21(14-19)11-13-33-24/h2-9,14-15H,10-13,16H2,1H3,(H2,27,28,30). The Hall–Kier alpha value is -4.00. The number of carbonyl (C=O) groups is 2. The molecule has 33 heavy (non-hydrogen) atoms. The van der Waals surface area contributed by atoms with E-state index in [0.29, 0.717) is 18.8 Å².